The summed E-state index contributed by atoms with van der Waals surface area (Å²) in [5.74, 6) is 0.966. The van der Waals surface area contributed by atoms with Crippen molar-refractivity contribution in [1.29, 1.82) is 0 Å². The van der Waals surface area contributed by atoms with Gasteiger partial charge in [0.1, 0.15) is 7.05 Å². The molecule has 0 unspecified atom stereocenters. The molecule has 0 aliphatic carbocycles. The molecule has 196 valence electrons. The molecule has 2 heteroatoms. The molecule has 0 saturated carbocycles. The Bertz CT molecular complexity index is 1830. The lowest BCUT2D eigenvalue weighted by molar-refractivity contribution is -0.633. The molecule has 0 radical (unpaired) electrons. The number of hydrogen-bond donors (Lipinski definition) is 0. The Morgan fingerprint density at radius 3 is 1.82 bits per heavy atom. The molecule has 2 aromatic heterocycles. The maximum absolute atomic E-state index is 2.50. The number of pyridine rings is 1. The van der Waals surface area contributed by atoms with Crippen LogP contribution in [0.1, 0.15) is 67.3 Å². The molecule has 6 rings (SSSR count). The van der Waals surface area contributed by atoms with Gasteiger partial charge in [0.2, 0.25) is 11.2 Å². The molecule has 2 heterocycles. The van der Waals surface area contributed by atoms with Crippen LogP contribution in [0.15, 0.2) is 78.9 Å². The second-order valence-corrected chi connectivity index (χ2v) is 11.9. The van der Waals surface area contributed by atoms with E-state index in [1.165, 1.54) is 77.5 Å². The molecule has 39 heavy (non-hydrogen) atoms. The van der Waals surface area contributed by atoms with Gasteiger partial charge in [-0.15, -0.1) is 0 Å². The highest BCUT2D eigenvalue weighted by Crippen LogP contribution is 2.38. The van der Waals surface area contributed by atoms with Gasteiger partial charge in [0, 0.05) is 28.5 Å². The monoisotopic (exact) mass is 511 g/mol. The topological polar surface area (TPSA) is 8.81 Å². The molecule has 0 bridgehead atoms. The second kappa shape index (κ2) is 9.38. The maximum atomic E-state index is 2.50. The van der Waals surface area contributed by atoms with E-state index in [-0.39, 0.29) is 0 Å². The highest BCUT2D eigenvalue weighted by Gasteiger charge is 2.24. The van der Waals surface area contributed by atoms with Crippen molar-refractivity contribution in [2.45, 2.75) is 60.3 Å². The van der Waals surface area contributed by atoms with Crippen molar-refractivity contribution in [3.63, 3.8) is 0 Å². The van der Waals surface area contributed by atoms with Crippen molar-refractivity contribution in [3.8, 4) is 16.9 Å². The van der Waals surface area contributed by atoms with E-state index in [0.29, 0.717) is 11.8 Å². The molecule has 0 aliphatic heterocycles. The first-order valence-corrected chi connectivity index (χ1v) is 14.2. The van der Waals surface area contributed by atoms with Crippen LogP contribution in [-0.2, 0) is 7.05 Å². The lowest BCUT2D eigenvalue weighted by atomic mass is 9.96. The number of para-hydroxylation sites is 1. The average Bonchev–Trinajstić information content (AvgIpc) is 3.24. The third-order valence-electron chi connectivity index (χ3n) is 8.65. The summed E-state index contributed by atoms with van der Waals surface area (Å²) < 4.78 is 4.87. The van der Waals surface area contributed by atoms with E-state index in [4.69, 9.17) is 0 Å². The molecular formula is C37H39N2+. The second-order valence-electron chi connectivity index (χ2n) is 11.9. The fourth-order valence-corrected chi connectivity index (χ4v) is 6.20. The van der Waals surface area contributed by atoms with Gasteiger partial charge in [0.15, 0.2) is 0 Å². The minimum absolute atomic E-state index is 0.483. The maximum Gasteiger partial charge on any atom is 0.215 e. The van der Waals surface area contributed by atoms with Crippen molar-refractivity contribution in [2.75, 3.05) is 0 Å². The van der Waals surface area contributed by atoms with Gasteiger partial charge in [0.25, 0.3) is 0 Å². The summed E-state index contributed by atoms with van der Waals surface area (Å²) in [5, 5.41) is 3.92. The standard InChI is InChI=1S/C37H39N2/c1-22(2)27-13-15-34-31(19-27)32-20-28(23(3)4)14-16-35(32)39(34)37-21-36(30-18-24(5)17-25(6)26(30)7)38(8)33-12-10-9-11-29(33)37/h9-23H,1-8H3/q+1. The lowest BCUT2D eigenvalue weighted by Crippen LogP contribution is -2.33. The summed E-state index contributed by atoms with van der Waals surface area (Å²) in [4.78, 5) is 0. The molecule has 6 aromatic rings. The predicted octanol–water partition coefficient (Wildman–Crippen LogP) is 9.60. The summed E-state index contributed by atoms with van der Waals surface area (Å²) in [7, 11) is 2.20. The summed E-state index contributed by atoms with van der Waals surface area (Å²) in [6.45, 7) is 15.8. The highest BCUT2D eigenvalue weighted by molar-refractivity contribution is 6.11. The summed E-state index contributed by atoms with van der Waals surface area (Å²) in [6.07, 6.45) is 0. The molecule has 0 saturated heterocycles. The number of aryl methyl sites for hydroxylation is 3. The van der Waals surface area contributed by atoms with Gasteiger partial charge in [-0.3, -0.25) is 0 Å². The Labute approximate surface area is 232 Å². The average molecular weight is 512 g/mol. The van der Waals surface area contributed by atoms with Gasteiger partial charge in [-0.2, -0.15) is 4.57 Å². The summed E-state index contributed by atoms with van der Waals surface area (Å²) in [6, 6.07) is 30.0. The molecule has 0 N–H and O–H groups in total. The number of hydrogen-bond acceptors (Lipinski definition) is 0. The number of fused-ring (bicyclic) bond motifs is 4. The molecule has 0 atom stereocenters. The van der Waals surface area contributed by atoms with E-state index >= 15 is 0 Å². The van der Waals surface area contributed by atoms with E-state index in [1.807, 2.05) is 0 Å². The zero-order valence-corrected chi connectivity index (χ0v) is 24.6. The van der Waals surface area contributed by atoms with Crippen LogP contribution in [0.5, 0.6) is 0 Å². The molecule has 2 nitrogen and oxygen atoms in total. The Kier molecular flexibility index (Phi) is 6.10. The largest absolute Gasteiger partial charge is 0.308 e. The Morgan fingerprint density at radius 2 is 1.23 bits per heavy atom. The minimum Gasteiger partial charge on any atom is -0.308 e. The number of aromatic nitrogens is 2. The molecule has 0 fully saturated rings. The number of rotatable bonds is 4. The molecular weight excluding hydrogens is 472 g/mol. The fourth-order valence-electron chi connectivity index (χ4n) is 6.20. The minimum atomic E-state index is 0.483. The van der Waals surface area contributed by atoms with Gasteiger partial charge in [-0.1, -0.05) is 63.6 Å². The van der Waals surface area contributed by atoms with Gasteiger partial charge >= 0.3 is 0 Å². The van der Waals surface area contributed by atoms with Crippen LogP contribution < -0.4 is 4.57 Å². The fraction of sp³-hybridized carbons (Fsp3) is 0.270. The van der Waals surface area contributed by atoms with Crippen LogP contribution in [0.25, 0.3) is 49.7 Å². The van der Waals surface area contributed by atoms with Crippen LogP contribution in [-0.4, -0.2) is 4.57 Å². The first kappa shape index (κ1) is 25.4. The summed E-state index contributed by atoms with van der Waals surface area (Å²) >= 11 is 0. The predicted molar refractivity (Wildman–Crippen MR) is 167 cm³/mol. The van der Waals surface area contributed by atoms with Crippen LogP contribution in [0.4, 0.5) is 0 Å². The highest BCUT2D eigenvalue weighted by atomic mass is 15.0. The van der Waals surface area contributed by atoms with E-state index < -0.39 is 0 Å². The van der Waals surface area contributed by atoms with Crippen LogP contribution >= 0.6 is 0 Å². The smallest absolute Gasteiger partial charge is 0.215 e. The normalized spacial score (nSPS) is 12.1. The van der Waals surface area contributed by atoms with Crippen molar-refractivity contribution in [3.05, 3.63) is 107 Å². The Hall–Kier alpha value is -3.91. The first-order chi connectivity index (χ1) is 18.7. The van der Waals surface area contributed by atoms with Crippen molar-refractivity contribution in [2.24, 2.45) is 7.05 Å². The zero-order valence-electron chi connectivity index (χ0n) is 24.6. The molecule has 0 amide bonds. The molecule has 0 aliphatic rings. The molecule has 4 aromatic carbocycles. The van der Waals surface area contributed by atoms with E-state index in [2.05, 4.69) is 144 Å². The van der Waals surface area contributed by atoms with E-state index in [0.717, 1.165) is 0 Å². The van der Waals surface area contributed by atoms with Gasteiger partial charge < -0.3 is 4.57 Å². The van der Waals surface area contributed by atoms with Gasteiger partial charge in [-0.25, -0.2) is 0 Å². The van der Waals surface area contributed by atoms with Crippen molar-refractivity contribution >= 4 is 32.7 Å². The quantitative estimate of drug-likeness (QED) is 0.208. The van der Waals surface area contributed by atoms with Gasteiger partial charge in [0.05, 0.1) is 22.1 Å². The zero-order chi connectivity index (χ0) is 27.6. The van der Waals surface area contributed by atoms with Crippen molar-refractivity contribution < 1.29 is 4.57 Å². The SMILES string of the molecule is Cc1cc(C)c(C)c(-c2cc(-n3c4ccc(C(C)C)cc4c4cc(C(C)C)ccc43)c3ccccc3[n+]2C)c1. The number of benzene rings is 4. The van der Waals surface area contributed by atoms with Crippen molar-refractivity contribution in [1.82, 2.24) is 4.57 Å². The number of nitrogens with zero attached hydrogens (tertiary/aromatic N) is 2. The lowest BCUT2D eigenvalue weighted by Gasteiger charge is -2.15. The van der Waals surface area contributed by atoms with E-state index in [9.17, 15) is 0 Å². The van der Waals surface area contributed by atoms with Crippen LogP contribution in [0.2, 0.25) is 0 Å². The first-order valence-electron chi connectivity index (χ1n) is 14.2. The Balaban J connectivity index is 1.78. The Morgan fingerprint density at radius 1 is 0.641 bits per heavy atom. The van der Waals surface area contributed by atoms with Gasteiger partial charge in [-0.05, 0) is 91.3 Å². The molecule has 0 spiro atoms. The van der Waals surface area contributed by atoms with Crippen LogP contribution in [0.3, 0.4) is 0 Å². The van der Waals surface area contributed by atoms with Crippen LogP contribution in [0, 0.1) is 20.8 Å². The third kappa shape index (κ3) is 4.05. The summed E-state index contributed by atoms with van der Waals surface area (Å²) in [5.41, 5.74) is 14.2. The van der Waals surface area contributed by atoms with E-state index in [1.54, 1.807) is 0 Å². The third-order valence-corrected chi connectivity index (χ3v) is 8.65.